The molecule has 0 amide bonds. The fourth-order valence-corrected chi connectivity index (χ4v) is 3.38. The number of oxazole rings is 2. The first-order chi connectivity index (χ1) is 16.6. The predicted octanol–water partition coefficient (Wildman–Crippen LogP) is 2.27. The fraction of sp³-hybridized carbons (Fsp3) is 0.273. The molecule has 4 heterocycles. The summed E-state index contributed by atoms with van der Waals surface area (Å²) in [7, 11) is 2.54. The molecule has 0 saturated carbocycles. The monoisotopic (exact) mass is 466 g/mol. The lowest BCUT2D eigenvalue weighted by Gasteiger charge is -2.05. The second-order valence-electron chi connectivity index (χ2n) is 7.23. The summed E-state index contributed by atoms with van der Waals surface area (Å²) in [5, 5.41) is 0. The van der Waals surface area contributed by atoms with E-state index in [-0.39, 0.29) is 36.4 Å². The molecule has 12 nitrogen and oxygen atoms in total. The van der Waals surface area contributed by atoms with Gasteiger partial charge >= 0.3 is 11.9 Å². The largest absolute Gasteiger partial charge is 0.475 e. The summed E-state index contributed by atoms with van der Waals surface area (Å²) < 4.78 is 31.4. The Morgan fingerprint density at radius 1 is 0.824 bits per heavy atom. The summed E-state index contributed by atoms with van der Waals surface area (Å²) in [6.07, 6.45) is 2.45. The van der Waals surface area contributed by atoms with Crippen molar-refractivity contribution in [1.82, 2.24) is 9.97 Å². The lowest BCUT2D eigenvalue weighted by Crippen LogP contribution is -2.06. The van der Waals surface area contributed by atoms with Gasteiger partial charge in [-0.2, -0.15) is 0 Å². The molecule has 2 aliphatic heterocycles. The molecule has 3 aromatic rings. The molecular formula is C22H18N4O8. The van der Waals surface area contributed by atoms with E-state index >= 15 is 0 Å². The van der Waals surface area contributed by atoms with E-state index < -0.39 is 24.0 Å². The molecule has 0 aliphatic carbocycles. The van der Waals surface area contributed by atoms with E-state index in [0.717, 1.165) is 0 Å². The van der Waals surface area contributed by atoms with Crippen LogP contribution in [0.2, 0.25) is 0 Å². The molecule has 0 saturated heterocycles. The summed E-state index contributed by atoms with van der Waals surface area (Å²) in [6, 6.07) is 6.34. The Labute approximate surface area is 192 Å². The summed E-state index contributed by atoms with van der Waals surface area (Å²) in [4.78, 5) is 40.4. The molecule has 2 aliphatic rings. The van der Waals surface area contributed by atoms with Crippen molar-refractivity contribution in [3.05, 3.63) is 71.1 Å². The first-order valence-corrected chi connectivity index (χ1v) is 10.1. The number of hydrogen-bond acceptors (Lipinski definition) is 12. The van der Waals surface area contributed by atoms with Crippen LogP contribution in [-0.4, -0.2) is 61.1 Å². The number of benzene rings is 1. The molecule has 174 valence electrons. The highest BCUT2D eigenvalue weighted by Crippen LogP contribution is 2.27. The Balaban J connectivity index is 1.33. The van der Waals surface area contributed by atoms with Gasteiger partial charge in [-0.25, -0.2) is 29.5 Å². The lowest BCUT2D eigenvalue weighted by atomic mass is 10.1. The van der Waals surface area contributed by atoms with Gasteiger partial charge in [0, 0.05) is 11.1 Å². The molecule has 0 radical (unpaired) electrons. The molecule has 2 unspecified atom stereocenters. The Kier molecular flexibility index (Phi) is 5.54. The molecule has 1 aromatic carbocycles. The van der Waals surface area contributed by atoms with Crippen LogP contribution in [-0.2, 0) is 18.9 Å². The standard InChI is InChI=1S/C22H18N4O8/c1-29-21(27)15-9-33-19(25-15)13-7-31-17(23-13)11-4-3-5-12(6-11)18-24-14(8-32-18)20-26-16(10-34-20)22(28)30-2/h3-6,9-10,13-14H,7-8H2,1-2H3. The van der Waals surface area contributed by atoms with Crippen LogP contribution < -0.4 is 0 Å². The second kappa shape index (κ2) is 8.81. The lowest BCUT2D eigenvalue weighted by molar-refractivity contribution is 0.0585. The predicted molar refractivity (Wildman–Crippen MR) is 113 cm³/mol. The summed E-state index contributed by atoms with van der Waals surface area (Å²) in [5.74, 6) is 0.135. The quantitative estimate of drug-likeness (QED) is 0.495. The van der Waals surface area contributed by atoms with Crippen LogP contribution in [0.15, 0.2) is 55.6 Å². The fourth-order valence-electron chi connectivity index (χ4n) is 3.38. The highest BCUT2D eigenvalue weighted by molar-refractivity contribution is 6.00. The van der Waals surface area contributed by atoms with E-state index in [1.54, 1.807) is 0 Å². The maximum atomic E-state index is 11.6. The minimum atomic E-state index is -0.590. The van der Waals surface area contributed by atoms with Crippen LogP contribution in [0.3, 0.4) is 0 Å². The molecule has 0 N–H and O–H groups in total. The number of carbonyl (C=O) groups is 2. The number of aromatic nitrogens is 2. The zero-order valence-electron chi connectivity index (χ0n) is 18.1. The Bertz CT molecular complexity index is 1210. The van der Waals surface area contributed by atoms with E-state index in [2.05, 4.69) is 29.4 Å². The van der Waals surface area contributed by atoms with E-state index in [1.165, 1.54) is 26.7 Å². The van der Waals surface area contributed by atoms with Gasteiger partial charge in [0.05, 0.1) is 14.2 Å². The number of aliphatic imine (C=N–C) groups is 2. The molecule has 2 aromatic heterocycles. The topological polar surface area (TPSA) is 148 Å². The number of hydrogen-bond donors (Lipinski definition) is 0. The SMILES string of the molecule is COC(=O)c1coc(C2COC(c3cccc(C4=NC(c5nc(C(=O)OC)co5)CO4)c3)=N2)n1. The second-order valence-corrected chi connectivity index (χ2v) is 7.23. The minimum Gasteiger partial charge on any atom is -0.475 e. The Morgan fingerprint density at radius 3 is 1.74 bits per heavy atom. The normalized spacial score (nSPS) is 19.1. The smallest absolute Gasteiger partial charge is 0.360 e. The number of methoxy groups -OCH3 is 2. The first-order valence-electron chi connectivity index (χ1n) is 10.1. The number of rotatable bonds is 6. The van der Waals surface area contributed by atoms with Crippen molar-refractivity contribution in [2.45, 2.75) is 12.1 Å². The molecule has 0 spiro atoms. The van der Waals surface area contributed by atoms with Gasteiger partial charge in [-0.1, -0.05) is 6.07 Å². The maximum absolute atomic E-state index is 11.6. The van der Waals surface area contributed by atoms with Crippen molar-refractivity contribution < 1.29 is 37.4 Å². The summed E-state index contributed by atoms with van der Waals surface area (Å²) in [5.41, 5.74) is 1.55. The average molecular weight is 466 g/mol. The van der Waals surface area contributed by atoms with Crippen LogP contribution >= 0.6 is 0 Å². The zero-order chi connectivity index (χ0) is 23.7. The van der Waals surface area contributed by atoms with Gasteiger partial charge in [0.25, 0.3) is 0 Å². The van der Waals surface area contributed by atoms with Crippen molar-refractivity contribution in [3.8, 4) is 0 Å². The van der Waals surface area contributed by atoms with Gasteiger partial charge in [0.1, 0.15) is 25.7 Å². The molecule has 5 rings (SSSR count). The maximum Gasteiger partial charge on any atom is 0.360 e. The van der Waals surface area contributed by atoms with Crippen molar-refractivity contribution in [1.29, 1.82) is 0 Å². The van der Waals surface area contributed by atoms with Crippen LogP contribution in [0.4, 0.5) is 0 Å². The van der Waals surface area contributed by atoms with E-state index in [0.29, 0.717) is 22.9 Å². The first kappa shape index (κ1) is 21.4. The third kappa shape index (κ3) is 4.00. The van der Waals surface area contributed by atoms with Crippen LogP contribution in [0.25, 0.3) is 0 Å². The van der Waals surface area contributed by atoms with Crippen LogP contribution in [0.5, 0.6) is 0 Å². The third-order valence-electron chi connectivity index (χ3n) is 5.06. The Hall–Kier alpha value is -4.48. The highest BCUT2D eigenvalue weighted by Gasteiger charge is 2.29. The van der Waals surface area contributed by atoms with Crippen LogP contribution in [0.1, 0.15) is 56.0 Å². The van der Waals surface area contributed by atoms with Crippen molar-refractivity contribution in [2.75, 3.05) is 27.4 Å². The number of esters is 2. The van der Waals surface area contributed by atoms with Crippen molar-refractivity contribution in [3.63, 3.8) is 0 Å². The average Bonchev–Trinajstić information content (AvgIpc) is 3.68. The molecule has 2 atom stereocenters. The highest BCUT2D eigenvalue weighted by atomic mass is 16.5. The Morgan fingerprint density at radius 2 is 1.29 bits per heavy atom. The van der Waals surface area contributed by atoms with Crippen molar-refractivity contribution in [2.24, 2.45) is 9.98 Å². The van der Waals surface area contributed by atoms with Gasteiger partial charge in [-0.3, -0.25) is 0 Å². The number of carbonyl (C=O) groups excluding carboxylic acids is 2. The number of ether oxygens (including phenoxy) is 4. The zero-order valence-corrected chi connectivity index (χ0v) is 18.1. The van der Waals surface area contributed by atoms with Crippen LogP contribution in [0, 0.1) is 0 Å². The molecular weight excluding hydrogens is 448 g/mol. The van der Waals surface area contributed by atoms with Gasteiger partial charge in [-0.15, -0.1) is 0 Å². The van der Waals surface area contributed by atoms with E-state index in [4.69, 9.17) is 18.3 Å². The number of nitrogens with zero attached hydrogens (tertiary/aromatic N) is 4. The van der Waals surface area contributed by atoms with Gasteiger partial charge in [-0.05, 0) is 18.2 Å². The van der Waals surface area contributed by atoms with Gasteiger partial charge < -0.3 is 27.8 Å². The van der Waals surface area contributed by atoms with Crippen molar-refractivity contribution >= 4 is 23.7 Å². The molecule has 34 heavy (non-hydrogen) atoms. The minimum absolute atomic E-state index is 0.0684. The molecule has 0 bridgehead atoms. The van der Waals surface area contributed by atoms with Gasteiger partial charge in [0.15, 0.2) is 23.5 Å². The third-order valence-corrected chi connectivity index (χ3v) is 5.06. The molecule has 0 fully saturated rings. The van der Waals surface area contributed by atoms with Gasteiger partial charge in [0.2, 0.25) is 23.6 Å². The summed E-state index contributed by atoms with van der Waals surface area (Å²) >= 11 is 0. The summed E-state index contributed by atoms with van der Waals surface area (Å²) in [6.45, 7) is 0.430. The molecule has 12 heteroatoms. The van der Waals surface area contributed by atoms with E-state index in [9.17, 15) is 9.59 Å². The van der Waals surface area contributed by atoms with E-state index in [1.807, 2.05) is 24.3 Å².